The maximum atomic E-state index is 13.0. The molecule has 0 atom stereocenters. The first-order valence-corrected chi connectivity index (χ1v) is 13.1. The lowest BCUT2D eigenvalue weighted by atomic mass is 10.1. The van der Waals surface area contributed by atoms with Crippen molar-refractivity contribution in [1.29, 1.82) is 0 Å². The average molecular weight is 612 g/mol. The molecule has 0 radical (unpaired) electrons. The van der Waals surface area contributed by atoms with Crippen molar-refractivity contribution in [3.05, 3.63) is 129 Å². The van der Waals surface area contributed by atoms with Gasteiger partial charge in [0, 0.05) is 10.0 Å². The van der Waals surface area contributed by atoms with Gasteiger partial charge in [0.2, 0.25) is 6.79 Å². The molecule has 0 spiro atoms. The fraction of sp³-hybridized carbons (Fsp3) is 0.0323. The van der Waals surface area contributed by atoms with Gasteiger partial charge in [-0.1, -0.05) is 40.2 Å². The van der Waals surface area contributed by atoms with Crippen LogP contribution >= 0.6 is 15.9 Å². The lowest BCUT2D eigenvalue weighted by Gasteiger charge is -2.09. The van der Waals surface area contributed by atoms with E-state index in [9.17, 15) is 14.4 Å². The zero-order valence-electron chi connectivity index (χ0n) is 21.4. The molecule has 4 aromatic carbocycles. The number of carbonyl (C=O) groups excluding carboxylic acids is 3. The summed E-state index contributed by atoms with van der Waals surface area (Å²) in [4.78, 5) is 38.2. The number of rotatable bonds is 8. The van der Waals surface area contributed by atoms with Crippen molar-refractivity contribution in [2.45, 2.75) is 0 Å². The summed E-state index contributed by atoms with van der Waals surface area (Å²) in [7, 11) is 0. The lowest BCUT2D eigenvalue weighted by Crippen LogP contribution is -2.32. The molecule has 0 aromatic heterocycles. The first-order chi connectivity index (χ1) is 19.9. The van der Waals surface area contributed by atoms with Crippen LogP contribution in [0.5, 0.6) is 17.2 Å². The van der Waals surface area contributed by atoms with Crippen LogP contribution in [-0.2, 0) is 4.79 Å². The zero-order chi connectivity index (χ0) is 28.6. The van der Waals surface area contributed by atoms with Crippen LogP contribution in [0.15, 0.2) is 112 Å². The summed E-state index contributed by atoms with van der Waals surface area (Å²) in [6, 6.07) is 27.1. The number of esters is 1. The summed E-state index contributed by atoms with van der Waals surface area (Å²) >= 11 is 3.33. The van der Waals surface area contributed by atoms with Crippen molar-refractivity contribution in [2.75, 3.05) is 6.79 Å². The molecule has 5 rings (SSSR count). The predicted octanol–water partition coefficient (Wildman–Crippen LogP) is 5.32. The normalized spacial score (nSPS) is 12.2. The summed E-state index contributed by atoms with van der Waals surface area (Å²) in [6.07, 6.45) is 2.94. The molecule has 0 aliphatic carbocycles. The second kappa shape index (κ2) is 12.8. The molecule has 0 saturated carbocycles. The minimum atomic E-state index is -0.636. The van der Waals surface area contributed by atoms with Crippen molar-refractivity contribution >= 4 is 46.0 Å². The lowest BCUT2D eigenvalue weighted by molar-refractivity contribution is -0.117. The highest BCUT2D eigenvalue weighted by Gasteiger charge is 2.17. The second-order valence-corrected chi connectivity index (χ2v) is 9.57. The van der Waals surface area contributed by atoms with Crippen molar-refractivity contribution in [3.8, 4) is 17.2 Å². The van der Waals surface area contributed by atoms with E-state index < -0.39 is 17.8 Å². The van der Waals surface area contributed by atoms with Gasteiger partial charge in [-0.05, 0) is 90.0 Å². The molecule has 0 unspecified atom stereocenters. The molecule has 2 amide bonds. The van der Waals surface area contributed by atoms with Crippen LogP contribution in [0.1, 0.15) is 31.8 Å². The number of hydrogen-bond acceptors (Lipinski definition) is 7. The molecule has 0 bridgehead atoms. The van der Waals surface area contributed by atoms with Gasteiger partial charge in [-0.25, -0.2) is 10.2 Å². The summed E-state index contributed by atoms with van der Waals surface area (Å²) < 4.78 is 17.0. The standard InChI is InChI=1S/C31H22BrN3O6/c32-24-11-9-23(10-12-24)31(38)41-25-13-6-20(7-14-25)18-33-35-30(37)26(34-29(36)22-4-2-1-3-5-22)16-21-8-15-27-28(17-21)40-19-39-27/h1-18H,19H2,(H,34,36)(H,35,37)/b26-16-,33-18-. The number of nitrogens with zero attached hydrogens (tertiary/aromatic N) is 1. The number of hydrazone groups is 1. The molecule has 9 nitrogen and oxygen atoms in total. The van der Waals surface area contributed by atoms with E-state index >= 15 is 0 Å². The molecule has 204 valence electrons. The van der Waals surface area contributed by atoms with Gasteiger partial charge in [0.05, 0.1) is 11.8 Å². The largest absolute Gasteiger partial charge is 0.454 e. The number of hydrogen-bond donors (Lipinski definition) is 2. The molecule has 0 saturated heterocycles. The zero-order valence-corrected chi connectivity index (χ0v) is 23.0. The Balaban J connectivity index is 1.26. The average Bonchev–Trinajstić information content (AvgIpc) is 3.46. The van der Waals surface area contributed by atoms with Gasteiger partial charge in [0.25, 0.3) is 11.8 Å². The second-order valence-electron chi connectivity index (χ2n) is 8.66. The SMILES string of the molecule is O=C(N/N=C\c1ccc(OC(=O)c2ccc(Br)cc2)cc1)/C(=C/c1ccc2c(c1)OCO2)NC(=O)c1ccccc1. The molecule has 41 heavy (non-hydrogen) atoms. The van der Waals surface area contributed by atoms with Gasteiger partial charge in [0.1, 0.15) is 11.4 Å². The third kappa shape index (κ3) is 7.25. The van der Waals surface area contributed by atoms with Crippen molar-refractivity contribution in [3.63, 3.8) is 0 Å². The van der Waals surface area contributed by atoms with Crippen LogP contribution < -0.4 is 25.0 Å². The number of nitrogens with one attached hydrogen (secondary N) is 2. The summed E-state index contributed by atoms with van der Waals surface area (Å²) in [5.41, 5.74) is 4.48. The molecule has 0 fully saturated rings. The first kappa shape index (κ1) is 27.4. The van der Waals surface area contributed by atoms with Gasteiger partial charge in [-0.3, -0.25) is 9.59 Å². The Morgan fingerprint density at radius 2 is 1.51 bits per heavy atom. The topological polar surface area (TPSA) is 115 Å². The molecule has 2 N–H and O–H groups in total. The van der Waals surface area contributed by atoms with Crippen molar-refractivity contribution < 1.29 is 28.6 Å². The smallest absolute Gasteiger partial charge is 0.343 e. The molecular weight excluding hydrogens is 590 g/mol. The van der Waals surface area contributed by atoms with Crippen LogP contribution in [0.4, 0.5) is 0 Å². The van der Waals surface area contributed by atoms with Gasteiger partial charge < -0.3 is 19.5 Å². The highest BCUT2D eigenvalue weighted by Crippen LogP contribution is 2.33. The summed E-state index contributed by atoms with van der Waals surface area (Å²) in [5, 5.41) is 6.67. The van der Waals surface area contributed by atoms with Crippen molar-refractivity contribution in [2.24, 2.45) is 5.10 Å². The van der Waals surface area contributed by atoms with Gasteiger partial charge in [-0.2, -0.15) is 5.10 Å². The van der Waals surface area contributed by atoms with E-state index in [1.807, 2.05) is 0 Å². The minimum absolute atomic E-state index is 0.0231. The number of halogens is 1. The number of amides is 2. The number of carbonyl (C=O) groups is 3. The predicted molar refractivity (Wildman–Crippen MR) is 156 cm³/mol. The van der Waals surface area contributed by atoms with Crippen LogP contribution in [0, 0.1) is 0 Å². The van der Waals surface area contributed by atoms with Crippen LogP contribution in [0.3, 0.4) is 0 Å². The van der Waals surface area contributed by atoms with E-state index in [4.69, 9.17) is 14.2 Å². The molecule has 10 heteroatoms. The monoisotopic (exact) mass is 611 g/mol. The number of fused-ring (bicyclic) bond motifs is 1. The van der Waals surface area contributed by atoms with Gasteiger partial charge in [-0.15, -0.1) is 0 Å². The Bertz CT molecular complexity index is 1640. The highest BCUT2D eigenvalue weighted by atomic mass is 79.9. The van der Waals surface area contributed by atoms with Crippen molar-refractivity contribution in [1.82, 2.24) is 10.7 Å². The highest BCUT2D eigenvalue weighted by molar-refractivity contribution is 9.10. The Hall–Kier alpha value is -5.22. The quantitative estimate of drug-likeness (QED) is 0.0916. The summed E-state index contributed by atoms with van der Waals surface area (Å²) in [6.45, 7) is 0.115. The van der Waals surface area contributed by atoms with E-state index in [2.05, 4.69) is 31.8 Å². The molecular formula is C31H22BrN3O6. The molecule has 1 heterocycles. The fourth-order valence-corrected chi connectivity index (χ4v) is 3.98. The van der Waals surface area contributed by atoms with E-state index in [1.54, 1.807) is 97.1 Å². The van der Waals surface area contributed by atoms with Crippen LogP contribution in [-0.4, -0.2) is 30.8 Å². The Morgan fingerprint density at radius 1 is 0.805 bits per heavy atom. The Labute approximate surface area is 243 Å². The maximum absolute atomic E-state index is 13.0. The van der Waals surface area contributed by atoms with E-state index in [0.29, 0.717) is 39.5 Å². The van der Waals surface area contributed by atoms with Gasteiger partial charge >= 0.3 is 5.97 Å². The number of ether oxygens (including phenoxy) is 3. The maximum Gasteiger partial charge on any atom is 0.343 e. The Morgan fingerprint density at radius 3 is 2.27 bits per heavy atom. The third-order valence-corrected chi connectivity index (χ3v) is 6.32. The molecule has 1 aliphatic heterocycles. The summed E-state index contributed by atoms with van der Waals surface area (Å²) in [5.74, 6) is -0.0764. The van der Waals surface area contributed by atoms with Crippen LogP contribution in [0.25, 0.3) is 6.08 Å². The van der Waals surface area contributed by atoms with Crippen LogP contribution in [0.2, 0.25) is 0 Å². The van der Waals surface area contributed by atoms with Gasteiger partial charge in [0.15, 0.2) is 11.5 Å². The van der Waals surface area contributed by atoms with E-state index in [0.717, 1.165) is 4.47 Å². The third-order valence-electron chi connectivity index (χ3n) is 5.79. The molecule has 4 aromatic rings. The molecule has 1 aliphatic rings. The van der Waals surface area contributed by atoms with E-state index in [1.165, 1.54) is 12.3 Å². The Kier molecular flexibility index (Phi) is 8.51. The number of benzene rings is 4. The first-order valence-electron chi connectivity index (χ1n) is 12.3. The minimum Gasteiger partial charge on any atom is -0.454 e. The van der Waals surface area contributed by atoms with E-state index in [-0.39, 0.29) is 12.5 Å². The fourth-order valence-electron chi connectivity index (χ4n) is 3.71.